The van der Waals surface area contributed by atoms with Crippen molar-refractivity contribution in [1.29, 1.82) is 0 Å². The molecule has 0 aliphatic heterocycles. The van der Waals surface area contributed by atoms with E-state index in [-0.39, 0.29) is 0 Å². The van der Waals surface area contributed by atoms with Crippen LogP contribution in [0.1, 0.15) is 24.6 Å². The fourth-order valence-corrected chi connectivity index (χ4v) is 1.47. The molecule has 0 bridgehead atoms. The molecule has 0 saturated carbocycles. The maximum absolute atomic E-state index is 11.3. The minimum Gasteiger partial charge on any atom is -0.618 e. The van der Waals surface area contributed by atoms with E-state index in [0.29, 0.717) is 10.7 Å². The summed E-state index contributed by atoms with van der Waals surface area (Å²) in [5.74, 6) is 0. The van der Waals surface area contributed by atoms with Crippen molar-refractivity contribution in [3.63, 3.8) is 0 Å². The minimum absolute atomic E-state index is 0.539. The predicted molar refractivity (Wildman–Crippen MR) is 51.4 cm³/mol. The Kier molecular flexibility index (Phi) is 2.98. The van der Waals surface area contributed by atoms with E-state index >= 15 is 0 Å². The zero-order valence-electron chi connectivity index (χ0n) is 7.37. The fraction of sp³-hybridized carbons (Fsp3) is 0.444. The van der Waals surface area contributed by atoms with E-state index in [0.717, 1.165) is 23.1 Å². The quantitative estimate of drug-likeness (QED) is 0.423. The number of hydrogen-bond donors (Lipinski definition) is 1. The van der Waals surface area contributed by atoms with Crippen LogP contribution in [0.3, 0.4) is 0 Å². The van der Waals surface area contributed by atoms with Crippen molar-refractivity contribution in [3.8, 4) is 0 Å². The summed E-state index contributed by atoms with van der Waals surface area (Å²) in [5, 5.41) is 11.8. The molecule has 3 heteroatoms. The largest absolute Gasteiger partial charge is 0.618 e. The van der Waals surface area contributed by atoms with Crippen LogP contribution in [0.5, 0.6) is 0 Å². The zero-order chi connectivity index (χ0) is 9.14. The second-order valence-electron chi connectivity index (χ2n) is 2.87. The van der Waals surface area contributed by atoms with Gasteiger partial charge in [-0.05, 0) is 12.5 Å². The van der Waals surface area contributed by atoms with Crippen LogP contribution in [0.15, 0.2) is 17.2 Å². The highest BCUT2D eigenvalue weighted by Crippen LogP contribution is 2.11. The van der Waals surface area contributed by atoms with Gasteiger partial charge in [-0.15, -0.1) is 0 Å². The van der Waals surface area contributed by atoms with Gasteiger partial charge in [0.25, 0.3) is 5.03 Å². The van der Waals surface area contributed by atoms with Crippen molar-refractivity contribution in [2.75, 3.05) is 0 Å². The smallest absolute Gasteiger partial charge is 0.251 e. The van der Waals surface area contributed by atoms with Crippen LogP contribution in [0, 0.1) is 12.1 Å². The second-order valence-corrected chi connectivity index (χ2v) is 3.29. The van der Waals surface area contributed by atoms with E-state index in [1.807, 2.05) is 12.1 Å². The SMILES string of the molecule is CCCc1ccc(C)[n+]([O-])c1S. The number of rotatable bonds is 2. The highest BCUT2D eigenvalue weighted by Gasteiger charge is 2.09. The van der Waals surface area contributed by atoms with Gasteiger partial charge in [0.2, 0.25) is 0 Å². The van der Waals surface area contributed by atoms with E-state index in [2.05, 4.69) is 19.6 Å². The Hall–Kier alpha value is -0.700. The van der Waals surface area contributed by atoms with E-state index in [1.54, 1.807) is 6.92 Å². The van der Waals surface area contributed by atoms with E-state index in [4.69, 9.17) is 0 Å². The van der Waals surface area contributed by atoms with Crippen LogP contribution in [-0.4, -0.2) is 0 Å². The lowest BCUT2D eigenvalue weighted by Gasteiger charge is -2.06. The summed E-state index contributed by atoms with van der Waals surface area (Å²) in [6.45, 7) is 3.87. The summed E-state index contributed by atoms with van der Waals surface area (Å²) in [6.07, 6.45) is 1.96. The van der Waals surface area contributed by atoms with Crippen LogP contribution in [0.2, 0.25) is 0 Å². The third-order valence-electron chi connectivity index (χ3n) is 1.84. The van der Waals surface area contributed by atoms with E-state index < -0.39 is 0 Å². The van der Waals surface area contributed by atoms with Gasteiger partial charge in [-0.25, -0.2) is 0 Å². The van der Waals surface area contributed by atoms with Gasteiger partial charge in [0.05, 0.1) is 0 Å². The molecule has 0 aliphatic carbocycles. The molecule has 2 nitrogen and oxygen atoms in total. The Bertz CT molecular complexity index is 286. The molecule has 1 aromatic rings. The molecule has 0 spiro atoms. The topological polar surface area (TPSA) is 26.9 Å². The highest BCUT2D eigenvalue weighted by molar-refractivity contribution is 7.80. The van der Waals surface area contributed by atoms with Gasteiger partial charge in [-0.3, -0.25) is 0 Å². The molecule has 1 heterocycles. The number of nitrogens with zero attached hydrogens (tertiary/aromatic N) is 1. The van der Waals surface area contributed by atoms with Crippen LogP contribution in [-0.2, 0) is 6.42 Å². The molecule has 0 saturated heterocycles. The van der Waals surface area contributed by atoms with Crippen molar-refractivity contribution >= 4 is 12.6 Å². The van der Waals surface area contributed by atoms with E-state index in [9.17, 15) is 5.21 Å². The Morgan fingerprint density at radius 3 is 2.75 bits per heavy atom. The van der Waals surface area contributed by atoms with Crippen molar-refractivity contribution in [3.05, 3.63) is 28.6 Å². The second kappa shape index (κ2) is 3.81. The monoisotopic (exact) mass is 183 g/mol. The number of aryl methyl sites for hydroxylation is 2. The molecule has 0 aromatic carbocycles. The fourth-order valence-electron chi connectivity index (χ4n) is 1.13. The van der Waals surface area contributed by atoms with Crippen molar-refractivity contribution in [2.24, 2.45) is 0 Å². The summed E-state index contributed by atoms with van der Waals surface area (Å²) in [7, 11) is 0. The summed E-state index contributed by atoms with van der Waals surface area (Å²) in [5.41, 5.74) is 1.72. The van der Waals surface area contributed by atoms with Crippen LogP contribution >= 0.6 is 12.6 Å². The number of pyridine rings is 1. The first-order valence-corrected chi connectivity index (χ1v) is 4.52. The van der Waals surface area contributed by atoms with Crippen molar-refractivity contribution < 1.29 is 4.73 Å². The van der Waals surface area contributed by atoms with E-state index in [1.165, 1.54) is 0 Å². The molecule has 0 aliphatic rings. The minimum atomic E-state index is 0.539. The maximum Gasteiger partial charge on any atom is 0.251 e. The number of aromatic nitrogens is 1. The standard InChI is InChI=1S/C9H13NOS/c1-3-4-8-6-5-7(2)10(11)9(8)12/h5-6,12H,3-4H2,1-2H3. The predicted octanol–water partition coefficient (Wildman–Crippen LogP) is 1.87. The van der Waals surface area contributed by atoms with Gasteiger partial charge in [0.15, 0.2) is 5.69 Å². The average Bonchev–Trinajstić information content (AvgIpc) is 2.07. The van der Waals surface area contributed by atoms with Gasteiger partial charge in [0, 0.05) is 18.6 Å². The van der Waals surface area contributed by atoms with Crippen LogP contribution in [0.25, 0.3) is 0 Å². The molecule has 12 heavy (non-hydrogen) atoms. The van der Waals surface area contributed by atoms with Crippen molar-refractivity contribution in [1.82, 2.24) is 0 Å². The lowest BCUT2D eigenvalue weighted by Crippen LogP contribution is -2.33. The summed E-state index contributed by atoms with van der Waals surface area (Å²) in [4.78, 5) is 0. The molecule has 1 rings (SSSR count). The Morgan fingerprint density at radius 2 is 2.17 bits per heavy atom. The first kappa shape index (κ1) is 9.39. The molecule has 0 unspecified atom stereocenters. The number of thiol groups is 1. The van der Waals surface area contributed by atoms with Gasteiger partial charge in [0.1, 0.15) is 0 Å². The molecule has 66 valence electrons. The lowest BCUT2D eigenvalue weighted by atomic mass is 10.1. The zero-order valence-corrected chi connectivity index (χ0v) is 8.27. The number of hydrogen-bond acceptors (Lipinski definition) is 2. The van der Waals surface area contributed by atoms with Gasteiger partial charge < -0.3 is 5.21 Å². The van der Waals surface area contributed by atoms with Gasteiger partial charge in [-0.2, -0.15) is 4.73 Å². The average molecular weight is 183 g/mol. The van der Waals surface area contributed by atoms with Crippen LogP contribution < -0.4 is 4.73 Å². The first-order valence-electron chi connectivity index (χ1n) is 4.07. The van der Waals surface area contributed by atoms with Gasteiger partial charge >= 0.3 is 0 Å². The third-order valence-corrected chi connectivity index (χ3v) is 2.31. The van der Waals surface area contributed by atoms with Crippen molar-refractivity contribution in [2.45, 2.75) is 31.7 Å². The molecule has 0 radical (unpaired) electrons. The van der Waals surface area contributed by atoms with Crippen LogP contribution in [0.4, 0.5) is 0 Å². The lowest BCUT2D eigenvalue weighted by molar-refractivity contribution is -0.652. The molecule has 1 aromatic heterocycles. The molecular formula is C9H13NOS. The summed E-state index contributed by atoms with van der Waals surface area (Å²) in [6, 6.07) is 3.80. The maximum atomic E-state index is 11.3. The summed E-state index contributed by atoms with van der Waals surface area (Å²) < 4.78 is 0.869. The molecule has 0 N–H and O–H groups in total. The first-order chi connectivity index (χ1) is 5.66. The highest BCUT2D eigenvalue weighted by atomic mass is 32.1. The molecule has 0 fully saturated rings. The Balaban J connectivity index is 3.08. The molecule has 0 atom stereocenters. The normalized spacial score (nSPS) is 10.2. The third kappa shape index (κ3) is 1.72. The summed E-state index contributed by atoms with van der Waals surface area (Å²) >= 11 is 4.17. The Morgan fingerprint density at radius 1 is 1.50 bits per heavy atom. The molecular weight excluding hydrogens is 170 g/mol. The Labute approximate surface area is 78.2 Å². The molecule has 0 amide bonds. The van der Waals surface area contributed by atoms with Gasteiger partial charge in [-0.1, -0.05) is 26.0 Å².